The summed E-state index contributed by atoms with van der Waals surface area (Å²) in [5.74, 6) is -0.166. The van der Waals surface area contributed by atoms with Crippen LogP contribution >= 0.6 is 0 Å². The highest BCUT2D eigenvalue weighted by Crippen LogP contribution is 2.36. The summed E-state index contributed by atoms with van der Waals surface area (Å²) in [5.41, 5.74) is 4.08. The molecular formula is C35H38N2O6. The van der Waals surface area contributed by atoms with E-state index in [-0.39, 0.29) is 31.1 Å². The van der Waals surface area contributed by atoms with E-state index in [1.165, 1.54) is 4.90 Å². The van der Waals surface area contributed by atoms with E-state index in [9.17, 15) is 14.7 Å². The van der Waals surface area contributed by atoms with Gasteiger partial charge in [0.05, 0.1) is 25.9 Å². The average Bonchev–Trinajstić information content (AvgIpc) is 3.03. The molecule has 1 heterocycles. The zero-order chi connectivity index (χ0) is 30.0. The molecule has 8 heteroatoms. The number of hydrogen-bond acceptors (Lipinski definition) is 5. The number of carbonyl (C=O) groups excluding carboxylic acids is 1. The minimum atomic E-state index is -0.964. The van der Waals surface area contributed by atoms with Crippen molar-refractivity contribution >= 4 is 23.0 Å². The number of fused-ring (bicyclic) bond motifs is 1. The number of methoxy groups -OCH3 is 1. The van der Waals surface area contributed by atoms with Crippen LogP contribution in [0, 0.1) is 5.92 Å². The van der Waals surface area contributed by atoms with E-state index in [4.69, 9.17) is 14.2 Å². The van der Waals surface area contributed by atoms with E-state index in [1.54, 1.807) is 7.11 Å². The van der Waals surface area contributed by atoms with Gasteiger partial charge in [0.25, 0.3) is 0 Å². The van der Waals surface area contributed by atoms with Crippen molar-refractivity contribution in [2.45, 2.75) is 31.7 Å². The Hall–Kier alpha value is -4.40. The molecule has 4 aromatic rings. The Morgan fingerprint density at radius 3 is 2.30 bits per heavy atom. The highest BCUT2D eigenvalue weighted by molar-refractivity contribution is 5.82. The number of ether oxygens (including phenoxy) is 3. The third-order valence-electron chi connectivity index (χ3n) is 7.95. The van der Waals surface area contributed by atoms with Gasteiger partial charge in [0.2, 0.25) is 0 Å². The number of amides is 2. The van der Waals surface area contributed by atoms with Crippen LogP contribution in [0.3, 0.4) is 0 Å². The molecule has 0 aromatic heterocycles. The van der Waals surface area contributed by atoms with Crippen LogP contribution in [0.25, 0.3) is 10.8 Å². The SMILES string of the molecule is COCC1CN(C(=O)O)CC(OCc2ccc3ccccc3c2)C1c1ccc(COC(=O)NCCc2ccccc2)cc1. The maximum Gasteiger partial charge on any atom is 0.407 e. The number of likely N-dealkylation sites (tertiary alicyclic amines) is 1. The molecule has 3 atom stereocenters. The summed E-state index contributed by atoms with van der Waals surface area (Å²) < 4.78 is 17.4. The maximum atomic E-state index is 12.2. The van der Waals surface area contributed by atoms with Crippen LogP contribution in [0.5, 0.6) is 0 Å². The van der Waals surface area contributed by atoms with Gasteiger partial charge in [0.15, 0.2) is 0 Å². The van der Waals surface area contributed by atoms with Gasteiger partial charge in [0.1, 0.15) is 6.61 Å². The molecule has 1 aliphatic heterocycles. The fraction of sp³-hybridized carbons (Fsp3) is 0.314. The van der Waals surface area contributed by atoms with Crippen LogP contribution in [0.15, 0.2) is 97.1 Å². The number of alkyl carbamates (subject to hydrolysis) is 1. The monoisotopic (exact) mass is 582 g/mol. The van der Waals surface area contributed by atoms with Crippen molar-refractivity contribution in [2.24, 2.45) is 5.92 Å². The van der Waals surface area contributed by atoms with Gasteiger partial charge in [0, 0.05) is 32.0 Å². The number of carboxylic acid groups (broad SMARTS) is 1. The second kappa shape index (κ2) is 14.7. The van der Waals surface area contributed by atoms with Gasteiger partial charge < -0.3 is 29.5 Å². The maximum absolute atomic E-state index is 12.2. The van der Waals surface area contributed by atoms with Crippen LogP contribution < -0.4 is 5.32 Å². The lowest BCUT2D eigenvalue weighted by Gasteiger charge is -2.42. The van der Waals surface area contributed by atoms with Crippen LogP contribution in [0.4, 0.5) is 9.59 Å². The molecule has 0 spiro atoms. The van der Waals surface area contributed by atoms with Crippen molar-refractivity contribution in [3.8, 4) is 0 Å². The highest BCUT2D eigenvalue weighted by atomic mass is 16.5. The van der Waals surface area contributed by atoms with Crippen molar-refractivity contribution < 1.29 is 28.9 Å². The van der Waals surface area contributed by atoms with Crippen molar-refractivity contribution in [1.82, 2.24) is 10.2 Å². The first-order valence-corrected chi connectivity index (χ1v) is 14.6. The molecule has 2 amide bonds. The molecule has 3 unspecified atom stereocenters. The minimum Gasteiger partial charge on any atom is -0.465 e. The quantitative estimate of drug-likeness (QED) is 0.218. The molecule has 0 aliphatic carbocycles. The number of nitrogens with zero attached hydrogens (tertiary/aromatic N) is 1. The Balaban J connectivity index is 1.24. The summed E-state index contributed by atoms with van der Waals surface area (Å²) in [4.78, 5) is 25.6. The standard InChI is InChI=1S/C35H38N2O6/c1-41-24-31-20-37(35(39)40)21-32(42-23-27-13-14-28-9-5-6-10-30(28)19-27)33(31)29-15-11-26(12-16-29)22-43-34(38)36-18-17-25-7-3-2-4-8-25/h2-16,19,31-33H,17-18,20-24H2,1H3,(H,36,38)(H,39,40). The van der Waals surface area contributed by atoms with Crippen LogP contribution in [0.2, 0.25) is 0 Å². The molecule has 0 radical (unpaired) electrons. The summed E-state index contributed by atoms with van der Waals surface area (Å²) in [6.07, 6.45) is -1.05. The summed E-state index contributed by atoms with van der Waals surface area (Å²) in [5, 5.41) is 14.9. The Morgan fingerprint density at radius 1 is 0.837 bits per heavy atom. The van der Waals surface area contributed by atoms with Crippen LogP contribution in [-0.2, 0) is 33.8 Å². The summed E-state index contributed by atoms with van der Waals surface area (Å²) in [7, 11) is 1.63. The zero-order valence-corrected chi connectivity index (χ0v) is 24.4. The number of nitrogens with one attached hydrogen (secondary N) is 1. The van der Waals surface area contributed by atoms with E-state index in [2.05, 4.69) is 29.6 Å². The summed E-state index contributed by atoms with van der Waals surface area (Å²) >= 11 is 0. The Kier molecular flexibility index (Phi) is 10.3. The lowest BCUT2D eigenvalue weighted by molar-refractivity contribution is -0.0518. The normalized spacial score (nSPS) is 18.3. The molecule has 0 saturated carbocycles. The highest BCUT2D eigenvalue weighted by Gasteiger charge is 2.40. The molecular weight excluding hydrogens is 544 g/mol. The molecule has 1 aliphatic rings. The first kappa shape index (κ1) is 30.1. The van der Waals surface area contributed by atoms with E-state index in [0.29, 0.717) is 26.3 Å². The van der Waals surface area contributed by atoms with Gasteiger partial charge in [-0.1, -0.05) is 91.0 Å². The average molecular weight is 583 g/mol. The smallest absolute Gasteiger partial charge is 0.407 e. The zero-order valence-electron chi connectivity index (χ0n) is 24.4. The third-order valence-corrected chi connectivity index (χ3v) is 7.95. The number of piperidine rings is 1. The summed E-state index contributed by atoms with van der Waals surface area (Å²) in [6, 6.07) is 32.3. The van der Waals surface area contributed by atoms with E-state index in [1.807, 2.05) is 72.8 Å². The number of rotatable bonds is 11. The molecule has 4 aromatic carbocycles. The van der Waals surface area contributed by atoms with Crippen LogP contribution in [-0.4, -0.2) is 61.6 Å². The summed E-state index contributed by atoms with van der Waals surface area (Å²) in [6.45, 7) is 2.04. The van der Waals surface area contributed by atoms with Gasteiger partial charge in [-0.15, -0.1) is 0 Å². The number of carbonyl (C=O) groups is 2. The Bertz CT molecular complexity index is 1490. The van der Waals surface area contributed by atoms with Gasteiger partial charge in [-0.25, -0.2) is 9.59 Å². The van der Waals surface area contributed by atoms with E-state index >= 15 is 0 Å². The molecule has 5 rings (SSSR count). The first-order chi connectivity index (χ1) is 21.0. The van der Waals surface area contributed by atoms with Crippen molar-refractivity contribution in [3.63, 3.8) is 0 Å². The third kappa shape index (κ3) is 8.12. The van der Waals surface area contributed by atoms with Crippen molar-refractivity contribution in [3.05, 3.63) is 119 Å². The second-order valence-electron chi connectivity index (χ2n) is 10.9. The number of hydrogen-bond donors (Lipinski definition) is 2. The van der Waals surface area contributed by atoms with Crippen molar-refractivity contribution in [2.75, 3.05) is 33.4 Å². The Morgan fingerprint density at radius 2 is 1.56 bits per heavy atom. The lowest BCUT2D eigenvalue weighted by atomic mass is 9.78. The molecule has 8 nitrogen and oxygen atoms in total. The van der Waals surface area contributed by atoms with Gasteiger partial charge in [-0.2, -0.15) is 0 Å². The molecule has 224 valence electrons. The molecule has 0 bridgehead atoms. The molecule has 1 fully saturated rings. The predicted octanol–water partition coefficient (Wildman–Crippen LogP) is 6.23. The first-order valence-electron chi connectivity index (χ1n) is 14.6. The van der Waals surface area contributed by atoms with E-state index in [0.717, 1.165) is 39.4 Å². The molecule has 43 heavy (non-hydrogen) atoms. The van der Waals surface area contributed by atoms with Gasteiger partial charge in [-0.3, -0.25) is 0 Å². The second-order valence-corrected chi connectivity index (χ2v) is 10.9. The van der Waals surface area contributed by atoms with Gasteiger partial charge >= 0.3 is 12.2 Å². The van der Waals surface area contributed by atoms with Crippen LogP contribution in [0.1, 0.15) is 28.2 Å². The minimum absolute atomic E-state index is 0.0766. The molecule has 1 saturated heterocycles. The fourth-order valence-electron chi connectivity index (χ4n) is 5.80. The fourth-order valence-corrected chi connectivity index (χ4v) is 5.80. The number of benzene rings is 4. The predicted molar refractivity (Wildman–Crippen MR) is 165 cm³/mol. The topological polar surface area (TPSA) is 97.3 Å². The van der Waals surface area contributed by atoms with Gasteiger partial charge in [-0.05, 0) is 45.5 Å². The Labute approximate surface area is 252 Å². The molecule has 2 N–H and O–H groups in total. The largest absolute Gasteiger partial charge is 0.465 e. The van der Waals surface area contributed by atoms with E-state index < -0.39 is 12.2 Å². The van der Waals surface area contributed by atoms with Crippen molar-refractivity contribution in [1.29, 1.82) is 0 Å². The lowest BCUT2D eigenvalue weighted by Crippen LogP contribution is -2.52.